The van der Waals surface area contributed by atoms with E-state index in [-0.39, 0.29) is 5.60 Å². The molecule has 3 rings (SSSR count). The summed E-state index contributed by atoms with van der Waals surface area (Å²) in [6.45, 7) is 1.81. The number of hydrogen-bond donors (Lipinski definition) is 1. The van der Waals surface area contributed by atoms with E-state index >= 15 is 0 Å². The molecule has 0 aliphatic carbocycles. The van der Waals surface area contributed by atoms with E-state index in [1.54, 1.807) is 19.5 Å². The minimum absolute atomic E-state index is 0.0563. The summed E-state index contributed by atoms with van der Waals surface area (Å²) in [6.07, 6.45) is 8.25. The average Bonchev–Trinajstić information content (AvgIpc) is 2.67. The van der Waals surface area contributed by atoms with Crippen LogP contribution < -0.4 is 5.32 Å². The van der Waals surface area contributed by atoms with Crippen LogP contribution in [0.5, 0.6) is 0 Å². The highest BCUT2D eigenvalue weighted by Crippen LogP contribution is 2.22. The second-order valence-corrected chi connectivity index (χ2v) is 4.22. The lowest BCUT2D eigenvalue weighted by molar-refractivity contribution is -0.0510. The maximum atomic E-state index is 5.58. The second kappa shape index (κ2) is 3.54. The Bertz CT molecular complexity index is 498. The smallest absolute Gasteiger partial charge is 0.155 e. The topological polar surface area (TPSA) is 51.5 Å². The number of fused-ring (bicyclic) bond motifs is 1. The van der Waals surface area contributed by atoms with Crippen LogP contribution >= 0.6 is 0 Å². The number of hydrogen-bond acceptors (Lipinski definition) is 4. The number of rotatable bonds is 3. The molecule has 0 atom stereocenters. The van der Waals surface area contributed by atoms with E-state index in [0.29, 0.717) is 0 Å². The molecular formula is C11H14N4O. The molecule has 0 amide bonds. The predicted molar refractivity (Wildman–Crippen MR) is 59.3 cm³/mol. The van der Waals surface area contributed by atoms with Crippen molar-refractivity contribution in [3.05, 3.63) is 30.5 Å². The summed E-state index contributed by atoms with van der Waals surface area (Å²) in [7, 11) is 1.77. The predicted octanol–water partition coefficient (Wildman–Crippen LogP) is 0.260. The maximum Gasteiger partial charge on any atom is 0.155 e. The van der Waals surface area contributed by atoms with Crippen LogP contribution in [0.25, 0.3) is 5.65 Å². The Kier molecular flexibility index (Phi) is 2.15. The molecule has 2 aromatic heterocycles. The molecule has 2 aromatic rings. The summed E-state index contributed by atoms with van der Waals surface area (Å²) in [4.78, 5) is 8.37. The summed E-state index contributed by atoms with van der Waals surface area (Å²) in [5, 5.41) is 3.25. The highest BCUT2D eigenvalue weighted by Gasteiger charge is 2.37. The largest absolute Gasteiger partial charge is 0.375 e. The molecule has 1 aliphatic heterocycles. The van der Waals surface area contributed by atoms with E-state index in [0.717, 1.165) is 25.2 Å². The number of ether oxygens (including phenoxy) is 1. The first-order valence-corrected chi connectivity index (χ1v) is 5.35. The van der Waals surface area contributed by atoms with Gasteiger partial charge in [-0.25, -0.2) is 4.98 Å². The van der Waals surface area contributed by atoms with Crippen LogP contribution in [0.3, 0.4) is 0 Å². The molecule has 1 N–H and O–H groups in total. The minimum atomic E-state index is -0.0563. The molecule has 3 heterocycles. The van der Waals surface area contributed by atoms with E-state index in [9.17, 15) is 0 Å². The van der Waals surface area contributed by atoms with Crippen LogP contribution in [0.2, 0.25) is 0 Å². The first-order valence-electron chi connectivity index (χ1n) is 5.35. The monoisotopic (exact) mass is 218 g/mol. The van der Waals surface area contributed by atoms with Gasteiger partial charge < -0.3 is 14.5 Å². The van der Waals surface area contributed by atoms with Crippen molar-refractivity contribution in [2.24, 2.45) is 0 Å². The lowest BCUT2D eigenvalue weighted by Crippen LogP contribution is -2.62. The summed E-state index contributed by atoms with van der Waals surface area (Å²) in [5.74, 6) is 0. The average molecular weight is 218 g/mol. The maximum absolute atomic E-state index is 5.58. The number of nitrogens with one attached hydrogen (secondary N) is 1. The van der Waals surface area contributed by atoms with Gasteiger partial charge in [0.05, 0.1) is 11.8 Å². The highest BCUT2D eigenvalue weighted by atomic mass is 16.5. The van der Waals surface area contributed by atoms with Gasteiger partial charge in [-0.3, -0.25) is 4.98 Å². The third-order valence-electron chi connectivity index (χ3n) is 3.22. The summed E-state index contributed by atoms with van der Waals surface area (Å²) in [5.41, 5.74) is 2.00. The summed E-state index contributed by atoms with van der Waals surface area (Å²) < 4.78 is 7.64. The Labute approximate surface area is 93.5 Å². The van der Waals surface area contributed by atoms with Gasteiger partial charge in [0.2, 0.25) is 0 Å². The molecule has 5 nitrogen and oxygen atoms in total. The zero-order valence-corrected chi connectivity index (χ0v) is 9.18. The number of aromatic nitrogens is 3. The fourth-order valence-electron chi connectivity index (χ4n) is 2.10. The molecule has 1 fully saturated rings. The quantitative estimate of drug-likeness (QED) is 0.803. The van der Waals surface area contributed by atoms with Crippen molar-refractivity contribution in [3.8, 4) is 0 Å². The standard InChI is InChI=1S/C11H14N4O/c1-16-11(7-13-8-11)4-9-5-14-10-6-12-2-3-15(9)10/h2-3,5-6,13H,4,7-8H2,1H3. The second-order valence-electron chi connectivity index (χ2n) is 4.22. The van der Waals surface area contributed by atoms with Crippen LogP contribution in [0.4, 0.5) is 0 Å². The normalized spacial score (nSPS) is 18.6. The van der Waals surface area contributed by atoms with E-state index in [4.69, 9.17) is 4.74 Å². The fraction of sp³-hybridized carbons (Fsp3) is 0.455. The first-order chi connectivity index (χ1) is 7.83. The summed E-state index contributed by atoms with van der Waals surface area (Å²) in [6, 6.07) is 0. The molecule has 0 radical (unpaired) electrons. The SMILES string of the molecule is COC1(Cc2cnc3cnccn23)CNC1. The van der Waals surface area contributed by atoms with Gasteiger partial charge in [0.15, 0.2) is 5.65 Å². The number of imidazole rings is 1. The van der Waals surface area contributed by atoms with Gasteiger partial charge in [-0.15, -0.1) is 0 Å². The van der Waals surface area contributed by atoms with Gasteiger partial charge in [-0.1, -0.05) is 0 Å². The molecule has 84 valence electrons. The van der Waals surface area contributed by atoms with Crippen molar-refractivity contribution in [3.63, 3.8) is 0 Å². The first kappa shape index (κ1) is 9.74. The van der Waals surface area contributed by atoms with Crippen molar-refractivity contribution in [2.45, 2.75) is 12.0 Å². The van der Waals surface area contributed by atoms with E-state index in [1.165, 1.54) is 5.69 Å². The van der Waals surface area contributed by atoms with Crippen molar-refractivity contribution in [1.82, 2.24) is 19.7 Å². The third kappa shape index (κ3) is 1.40. The lowest BCUT2D eigenvalue weighted by atomic mass is 9.91. The zero-order valence-electron chi connectivity index (χ0n) is 9.18. The molecule has 5 heteroatoms. The Morgan fingerprint density at radius 1 is 1.50 bits per heavy atom. The van der Waals surface area contributed by atoms with Crippen LogP contribution in [-0.4, -0.2) is 40.2 Å². The van der Waals surface area contributed by atoms with Gasteiger partial charge in [0.1, 0.15) is 0 Å². The van der Waals surface area contributed by atoms with Gasteiger partial charge in [-0.2, -0.15) is 0 Å². The van der Waals surface area contributed by atoms with Crippen LogP contribution in [0, 0.1) is 0 Å². The third-order valence-corrected chi connectivity index (χ3v) is 3.22. The molecule has 0 spiro atoms. The van der Waals surface area contributed by atoms with Gasteiger partial charge in [0, 0.05) is 50.9 Å². The zero-order chi connectivity index (χ0) is 11.0. The van der Waals surface area contributed by atoms with E-state index in [2.05, 4.69) is 19.7 Å². The van der Waals surface area contributed by atoms with Crippen molar-refractivity contribution < 1.29 is 4.74 Å². The Balaban J connectivity index is 1.94. The van der Waals surface area contributed by atoms with Crippen LogP contribution in [0.1, 0.15) is 5.69 Å². The Morgan fingerprint density at radius 2 is 2.38 bits per heavy atom. The molecule has 0 saturated carbocycles. The Morgan fingerprint density at radius 3 is 3.06 bits per heavy atom. The molecular weight excluding hydrogens is 204 g/mol. The van der Waals surface area contributed by atoms with Crippen molar-refractivity contribution >= 4 is 5.65 Å². The van der Waals surface area contributed by atoms with Crippen LogP contribution in [-0.2, 0) is 11.2 Å². The van der Waals surface area contributed by atoms with Crippen molar-refractivity contribution in [2.75, 3.05) is 20.2 Å². The molecule has 0 bridgehead atoms. The molecule has 16 heavy (non-hydrogen) atoms. The van der Waals surface area contributed by atoms with Crippen LogP contribution in [0.15, 0.2) is 24.8 Å². The number of methoxy groups -OCH3 is 1. The highest BCUT2D eigenvalue weighted by molar-refractivity contribution is 5.37. The van der Waals surface area contributed by atoms with E-state index < -0.39 is 0 Å². The minimum Gasteiger partial charge on any atom is -0.375 e. The molecule has 0 aromatic carbocycles. The van der Waals surface area contributed by atoms with E-state index in [1.807, 2.05) is 12.4 Å². The molecule has 0 unspecified atom stereocenters. The Hall–Kier alpha value is -1.46. The lowest BCUT2D eigenvalue weighted by Gasteiger charge is -2.41. The summed E-state index contributed by atoms with van der Waals surface area (Å²) >= 11 is 0. The van der Waals surface area contributed by atoms with Gasteiger partial charge in [0.25, 0.3) is 0 Å². The van der Waals surface area contributed by atoms with Gasteiger partial charge in [-0.05, 0) is 0 Å². The molecule has 1 saturated heterocycles. The molecule has 1 aliphatic rings. The fourth-order valence-corrected chi connectivity index (χ4v) is 2.10. The van der Waals surface area contributed by atoms with Crippen molar-refractivity contribution in [1.29, 1.82) is 0 Å². The number of nitrogens with zero attached hydrogens (tertiary/aromatic N) is 3. The van der Waals surface area contributed by atoms with Gasteiger partial charge >= 0.3 is 0 Å².